The molecular weight excluding hydrogens is 486 g/mol. The largest absolute Gasteiger partial charge is 0.481 e. The number of carboxylic acid groups (broad SMARTS) is 2. The zero-order valence-electron chi connectivity index (χ0n) is 20.3. The summed E-state index contributed by atoms with van der Waals surface area (Å²) in [7, 11) is 0. The summed E-state index contributed by atoms with van der Waals surface area (Å²) in [4.78, 5) is 73.8. The molecule has 0 bridgehead atoms. The first-order chi connectivity index (χ1) is 17.5. The van der Waals surface area contributed by atoms with Crippen LogP contribution in [-0.2, 0) is 35.2 Å². The number of aliphatic carboxylic acids is 2. The Morgan fingerprint density at radius 2 is 1.62 bits per heavy atom. The Hall–Kier alpha value is -4.00. The number of carbonyl (C=O) groups is 6. The second-order valence-corrected chi connectivity index (χ2v) is 8.88. The number of likely N-dealkylation sites (tertiary alicyclic amines) is 1. The van der Waals surface area contributed by atoms with Gasteiger partial charge in [-0.2, -0.15) is 0 Å². The molecule has 4 unspecified atom stereocenters. The predicted octanol–water partition coefficient (Wildman–Crippen LogP) is -1.27. The van der Waals surface area contributed by atoms with Crippen LogP contribution in [0.2, 0.25) is 0 Å². The summed E-state index contributed by atoms with van der Waals surface area (Å²) in [5.74, 6) is -5.41. The standard InChI is InChI=1S/C24H33N5O8/c25-15(13-14-5-2-1-3-6-14)23(35)29-12-4-7-18(29)22(34)27-16(8-10-19(26)30)21(33)28-17(24(36)37)9-11-20(31)32/h1-3,5-6,15-18H,4,7-13,25H2,(H2,26,30)(H,27,34)(H,28,33)(H,31,32)(H,36,37). The molecule has 0 aromatic heterocycles. The average Bonchev–Trinajstić information content (AvgIpc) is 3.33. The molecule has 37 heavy (non-hydrogen) atoms. The summed E-state index contributed by atoms with van der Waals surface area (Å²) in [6.45, 7) is 0.299. The maximum absolute atomic E-state index is 13.1. The van der Waals surface area contributed by atoms with Crippen LogP contribution in [0.3, 0.4) is 0 Å². The molecule has 4 amide bonds. The van der Waals surface area contributed by atoms with Crippen LogP contribution in [0.5, 0.6) is 0 Å². The van der Waals surface area contributed by atoms with Gasteiger partial charge in [0.1, 0.15) is 18.1 Å². The van der Waals surface area contributed by atoms with Crippen molar-refractivity contribution in [2.45, 2.75) is 69.1 Å². The first-order valence-electron chi connectivity index (χ1n) is 11.9. The Balaban J connectivity index is 2.09. The first kappa shape index (κ1) is 29.2. The van der Waals surface area contributed by atoms with Crippen LogP contribution >= 0.6 is 0 Å². The van der Waals surface area contributed by atoms with E-state index in [1.807, 2.05) is 30.3 Å². The fraction of sp³-hybridized carbons (Fsp3) is 0.500. The maximum Gasteiger partial charge on any atom is 0.326 e. The number of amides is 4. The molecule has 13 nitrogen and oxygen atoms in total. The lowest BCUT2D eigenvalue weighted by molar-refractivity contribution is -0.144. The van der Waals surface area contributed by atoms with Crippen LogP contribution in [0.4, 0.5) is 0 Å². The van der Waals surface area contributed by atoms with E-state index < -0.39 is 66.2 Å². The van der Waals surface area contributed by atoms with Crippen LogP contribution < -0.4 is 22.1 Å². The molecule has 1 fully saturated rings. The van der Waals surface area contributed by atoms with E-state index in [0.29, 0.717) is 19.4 Å². The third kappa shape index (κ3) is 9.18. The molecule has 1 aromatic carbocycles. The molecule has 13 heteroatoms. The number of carbonyl (C=O) groups excluding carboxylic acids is 4. The van der Waals surface area contributed by atoms with E-state index in [-0.39, 0.29) is 25.7 Å². The van der Waals surface area contributed by atoms with Crippen molar-refractivity contribution in [3.8, 4) is 0 Å². The van der Waals surface area contributed by atoms with Gasteiger partial charge < -0.3 is 37.2 Å². The Morgan fingerprint density at radius 1 is 0.973 bits per heavy atom. The van der Waals surface area contributed by atoms with Crippen molar-refractivity contribution >= 4 is 35.6 Å². The Bertz CT molecular complexity index is 1000. The van der Waals surface area contributed by atoms with Crippen molar-refractivity contribution in [2.75, 3.05) is 6.54 Å². The second-order valence-electron chi connectivity index (χ2n) is 8.88. The summed E-state index contributed by atoms with van der Waals surface area (Å²) in [5, 5.41) is 22.8. The summed E-state index contributed by atoms with van der Waals surface area (Å²) in [5.41, 5.74) is 12.2. The minimum absolute atomic E-state index is 0.216. The fourth-order valence-corrected chi connectivity index (χ4v) is 4.09. The normalized spacial score (nSPS) is 17.3. The molecule has 1 saturated heterocycles. The SMILES string of the molecule is NC(=O)CCC(NC(=O)C1CCCN1C(=O)C(N)Cc1ccccc1)C(=O)NC(CCC(=O)O)C(=O)O. The zero-order valence-corrected chi connectivity index (χ0v) is 20.3. The number of carboxylic acids is 2. The third-order valence-corrected chi connectivity index (χ3v) is 6.03. The van der Waals surface area contributed by atoms with E-state index in [4.69, 9.17) is 16.6 Å². The van der Waals surface area contributed by atoms with Gasteiger partial charge >= 0.3 is 11.9 Å². The van der Waals surface area contributed by atoms with Crippen molar-refractivity contribution in [3.05, 3.63) is 35.9 Å². The fourth-order valence-electron chi connectivity index (χ4n) is 4.09. The number of rotatable bonds is 14. The van der Waals surface area contributed by atoms with Gasteiger partial charge in [-0.3, -0.25) is 24.0 Å². The molecule has 1 aliphatic rings. The average molecular weight is 520 g/mol. The number of nitrogens with two attached hydrogens (primary N) is 2. The quantitative estimate of drug-likeness (QED) is 0.172. The van der Waals surface area contributed by atoms with Crippen molar-refractivity contribution in [3.63, 3.8) is 0 Å². The molecule has 1 heterocycles. The lowest BCUT2D eigenvalue weighted by Gasteiger charge is -2.28. The lowest BCUT2D eigenvalue weighted by Crippen LogP contribution is -2.57. The lowest BCUT2D eigenvalue weighted by atomic mass is 10.0. The van der Waals surface area contributed by atoms with Gasteiger partial charge in [-0.05, 0) is 37.7 Å². The number of nitrogens with zero attached hydrogens (tertiary/aromatic N) is 1. The molecule has 0 saturated carbocycles. The van der Waals surface area contributed by atoms with Gasteiger partial charge in [0.2, 0.25) is 23.6 Å². The molecule has 1 aliphatic heterocycles. The molecular formula is C24H33N5O8. The number of hydrogen-bond acceptors (Lipinski definition) is 7. The highest BCUT2D eigenvalue weighted by molar-refractivity contribution is 5.94. The van der Waals surface area contributed by atoms with Crippen LogP contribution in [0.15, 0.2) is 30.3 Å². The Kier molecular flexibility index (Phi) is 11.0. The molecule has 1 aromatic rings. The number of hydrogen-bond donors (Lipinski definition) is 6. The second kappa shape index (κ2) is 13.9. The maximum atomic E-state index is 13.1. The van der Waals surface area contributed by atoms with Gasteiger partial charge in [-0.25, -0.2) is 4.79 Å². The van der Waals surface area contributed by atoms with E-state index in [1.54, 1.807) is 0 Å². The summed E-state index contributed by atoms with van der Waals surface area (Å²) in [6, 6.07) is 4.54. The molecule has 4 atom stereocenters. The number of nitrogens with one attached hydrogen (secondary N) is 2. The molecule has 202 valence electrons. The van der Waals surface area contributed by atoms with Gasteiger partial charge in [-0.15, -0.1) is 0 Å². The van der Waals surface area contributed by atoms with E-state index in [9.17, 15) is 33.9 Å². The van der Waals surface area contributed by atoms with Crippen molar-refractivity contribution in [1.29, 1.82) is 0 Å². The van der Waals surface area contributed by atoms with Gasteiger partial charge in [0, 0.05) is 19.4 Å². The van der Waals surface area contributed by atoms with Crippen LogP contribution in [-0.4, -0.2) is 81.4 Å². The Morgan fingerprint density at radius 3 is 2.22 bits per heavy atom. The summed E-state index contributed by atoms with van der Waals surface area (Å²) >= 11 is 0. The van der Waals surface area contributed by atoms with Gasteiger partial charge in [-0.1, -0.05) is 30.3 Å². The minimum Gasteiger partial charge on any atom is -0.481 e. The van der Waals surface area contributed by atoms with E-state index in [0.717, 1.165) is 5.56 Å². The highest BCUT2D eigenvalue weighted by Crippen LogP contribution is 2.20. The molecule has 0 spiro atoms. The van der Waals surface area contributed by atoms with Crippen LogP contribution in [0.1, 0.15) is 44.1 Å². The zero-order chi connectivity index (χ0) is 27.5. The minimum atomic E-state index is -1.52. The van der Waals surface area contributed by atoms with E-state index >= 15 is 0 Å². The van der Waals surface area contributed by atoms with Crippen molar-refractivity contribution in [1.82, 2.24) is 15.5 Å². The van der Waals surface area contributed by atoms with E-state index in [2.05, 4.69) is 10.6 Å². The molecule has 0 aliphatic carbocycles. The van der Waals surface area contributed by atoms with Crippen LogP contribution in [0, 0.1) is 0 Å². The topological polar surface area (TPSA) is 222 Å². The third-order valence-electron chi connectivity index (χ3n) is 6.03. The monoisotopic (exact) mass is 519 g/mol. The van der Waals surface area contributed by atoms with Crippen molar-refractivity contribution in [2.24, 2.45) is 11.5 Å². The Labute approximate surface area is 213 Å². The van der Waals surface area contributed by atoms with Gasteiger partial charge in [0.25, 0.3) is 0 Å². The highest BCUT2D eigenvalue weighted by atomic mass is 16.4. The number of benzene rings is 1. The molecule has 0 radical (unpaired) electrons. The molecule has 2 rings (SSSR count). The highest BCUT2D eigenvalue weighted by Gasteiger charge is 2.38. The van der Waals surface area contributed by atoms with Gasteiger partial charge in [0.15, 0.2) is 0 Å². The molecule has 8 N–H and O–H groups in total. The summed E-state index contributed by atoms with van der Waals surface area (Å²) in [6.07, 6.45) is -0.227. The smallest absolute Gasteiger partial charge is 0.326 e. The van der Waals surface area contributed by atoms with Crippen molar-refractivity contribution < 1.29 is 39.0 Å². The van der Waals surface area contributed by atoms with Gasteiger partial charge in [0.05, 0.1) is 6.04 Å². The summed E-state index contributed by atoms with van der Waals surface area (Å²) < 4.78 is 0. The first-order valence-corrected chi connectivity index (χ1v) is 11.9. The number of primary amides is 1. The van der Waals surface area contributed by atoms with E-state index in [1.165, 1.54) is 4.90 Å². The predicted molar refractivity (Wildman–Crippen MR) is 130 cm³/mol. The van der Waals surface area contributed by atoms with Crippen LogP contribution in [0.25, 0.3) is 0 Å².